The van der Waals surface area contributed by atoms with Gasteiger partial charge in [0.05, 0.1) is 5.69 Å². The predicted octanol–water partition coefficient (Wildman–Crippen LogP) is 1.47. The Kier molecular flexibility index (Phi) is 9.56. The molecule has 166 valence electrons. The van der Waals surface area contributed by atoms with Gasteiger partial charge in [-0.15, -0.1) is 0 Å². The predicted molar refractivity (Wildman–Crippen MR) is 112 cm³/mol. The van der Waals surface area contributed by atoms with Crippen LogP contribution in [0.25, 0.3) is 0 Å². The number of rotatable bonds is 13. The second kappa shape index (κ2) is 12.1. The summed E-state index contributed by atoms with van der Waals surface area (Å²) in [6.07, 6.45) is 4.05. The second-order valence-corrected chi connectivity index (χ2v) is 7.26. The lowest BCUT2D eigenvalue weighted by molar-refractivity contribution is -0.141. The third-order valence-corrected chi connectivity index (χ3v) is 4.97. The Labute approximate surface area is 176 Å². The van der Waals surface area contributed by atoms with Crippen molar-refractivity contribution in [1.82, 2.24) is 10.6 Å². The van der Waals surface area contributed by atoms with Gasteiger partial charge in [-0.2, -0.15) is 0 Å². The monoisotopic (exact) mass is 421 g/mol. The zero-order valence-electron chi connectivity index (χ0n) is 17.3. The van der Waals surface area contributed by atoms with E-state index in [1.165, 1.54) is 0 Å². The molecular weight excluding hydrogens is 390 g/mol. The highest BCUT2D eigenvalue weighted by Crippen LogP contribution is 2.31. The summed E-state index contributed by atoms with van der Waals surface area (Å²) >= 11 is 0. The van der Waals surface area contributed by atoms with Crippen LogP contribution in [0.4, 0.5) is 5.69 Å². The zero-order valence-corrected chi connectivity index (χ0v) is 17.3. The number of amides is 1. The smallest absolute Gasteiger partial charge is 0.323 e. The van der Waals surface area contributed by atoms with Gasteiger partial charge in [-0.05, 0) is 38.1 Å². The number of ether oxygens (including phenoxy) is 1. The van der Waals surface area contributed by atoms with Gasteiger partial charge in [-0.25, -0.2) is 0 Å². The van der Waals surface area contributed by atoms with E-state index in [1.807, 2.05) is 0 Å². The number of carbonyl (C=O) groups is 3. The van der Waals surface area contributed by atoms with Crippen LogP contribution < -0.4 is 20.3 Å². The zero-order chi connectivity index (χ0) is 21.9. The number of hydrogen-bond donors (Lipinski definition) is 4. The van der Waals surface area contributed by atoms with Gasteiger partial charge < -0.3 is 20.3 Å². The molecule has 1 aliphatic rings. The van der Waals surface area contributed by atoms with Crippen LogP contribution in [-0.2, 0) is 14.4 Å². The van der Waals surface area contributed by atoms with E-state index < -0.39 is 36.5 Å². The number of benzene rings is 1. The first-order chi connectivity index (χ1) is 14.4. The fourth-order valence-electron chi connectivity index (χ4n) is 3.42. The topological polar surface area (TPSA) is 128 Å². The van der Waals surface area contributed by atoms with E-state index >= 15 is 0 Å². The highest BCUT2D eigenvalue weighted by Gasteiger charge is 2.35. The molecule has 0 saturated heterocycles. The maximum atomic E-state index is 13.0. The molecule has 1 amide bonds. The molecule has 1 aliphatic heterocycles. The number of fused-ring (bicyclic) bond motifs is 1. The molecule has 0 saturated carbocycles. The first-order valence-electron chi connectivity index (χ1n) is 10.4. The average molecular weight is 421 g/mol. The standard InChI is InChI=1S/C21H31N3O6/c1-2-22-12-8-4-3-5-9-15(21(28)29)23-16-14-30-18-11-7-6-10-17(18)24(20(16)27)13-19(25)26/h6-7,10-11,15-16,22-23H,2-5,8-9,12-14H2,1H3,(H,25,26)(H,28,29)/t15?,16-/m0/s1. The van der Waals surface area contributed by atoms with Crippen molar-refractivity contribution in [3.05, 3.63) is 24.3 Å². The Bertz CT molecular complexity index is 726. The number of anilines is 1. The molecule has 0 fully saturated rings. The summed E-state index contributed by atoms with van der Waals surface area (Å²) in [5.41, 5.74) is 0.363. The second-order valence-electron chi connectivity index (χ2n) is 7.26. The van der Waals surface area contributed by atoms with Crippen molar-refractivity contribution >= 4 is 23.5 Å². The minimum absolute atomic E-state index is 0.0710. The fraction of sp³-hybridized carbons (Fsp3) is 0.571. The van der Waals surface area contributed by atoms with Crippen LogP contribution >= 0.6 is 0 Å². The average Bonchev–Trinajstić information content (AvgIpc) is 2.84. The number of nitrogens with one attached hydrogen (secondary N) is 2. The molecule has 0 radical (unpaired) electrons. The third-order valence-electron chi connectivity index (χ3n) is 4.97. The van der Waals surface area contributed by atoms with Gasteiger partial charge >= 0.3 is 11.9 Å². The summed E-state index contributed by atoms with van der Waals surface area (Å²) in [5, 5.41) is 24.9. The quantitative estimate of drug-likeness (QED) is 0.353. The van der Waals surface area contributed by atoms with Crippen LogP contribution in [0.1, 0.15) is 39.0 Å². The number of carboxylic acid groups (broad SMARTS) is 2. The molecule has 0 aliphatic carbocycles. The number of nitrogens with zero attached hydrogens (tertiary/aromatic N) is 1. The molecule has 1 aromatic carbocycles. The van der Waals surface area contributed by atoms with Crippen molar-refractivity contribution in [3.63, 3.8) is 0 Å². The summed E-state index contributed by atoms with van der Waals surface area (Å²) in [6, 6.07) is 4.82. The fourth-order valence-corrected chi connectivity index (χ4v) is 3.42. The molecule has 4 N–H and O–H groups in total. The molecular formula is C21H31N3O6. The Morgan fingerprint density at radius 1 is 1.20 bits per heavy atom. The van der Waals surface area contributed by atoms with Crippen molar-refractivity contribution in [2.75, 3.05) is 31.1 Å². The SMILES string of the molecule is CCNCCCCCCC(N[C@H]1COc2ccccc2N(CC(=O)O)C1=O)C(=O)O. The lowest BCUT2D eigenvalue weighted by atomic mass is 10.1. The molecule has 9 heteroatoms. The van der Waals surface area contributed by atoms with Crippen LogP contribution in [-0.4, -0.2) is 66.4 Å². The van der Waals surface area contributed by atoms with Gasteiger partial charge in [0.1, 0.15) is 31.0 Å². The molecule has 30 heavy (non-hydrogen) atoms. The minimum Gasteiger partial charge on any atom is -0.489 e. The Balaban J connectivity index is 1.99. The van der Waals surface area contributed by atoms with Gasteiger partial charge in [0, 0.05) is 0 Å². The van der Waals surface area contributed by atoms with Crippen molar-refractivity contribution in [2.45, 2.75) is 51.1 Å². The van der Waals surface area contributed by atoms with E-state index in [0.29, 0.717) is 17.9 Å². The number of para-hydroxylation sites is 2. The van der Waals surface area contributed by atoms with Crippen LogP contribution in [0.15, 0.2) is 24.3 Å². The number of carbonyl (C=O) groups excluding carboxylic acids is 1. The molecule has 2 atom stereocenters. The van der Waals surface area contributed by atoms with Gasteiger partial charge in [0.15, 0.2) is 0 Å². The molecule has 2 rings (SSSR count). The molecule has 1 unspecified atom stereocenters. The van der Waals surface area contributed by atoms with Crippen LogP contribution in [0.2, 0.25) is 0 Å². The largest absolute Gasteiger partial charge is 0.489 e. The number of aliphatic carboxylic acids is 2. The van der Waals surface area contributed by atoms with E-state index in [9.17, 15) is 24.6 Å². The summed E-state index contributed by atoms with van der Waals surface area (Å²) in [4.78, 5) is 37.1. The van der Waals surface area contributed by atoms with E-state index in [1.54, 1.807) is 24.3 Å². The number of hydrogen-bond acceptors (Lipinski definition) is 6. The van der Waals surface area contributed by atoms with Gasteiger partial charge in [-0.1, -0.05) is 38.3 Å². The maximum Gasteiger partial charge on any atom is 0.323 e. The summed E-state index contributed by atoms with van der Waals surface area (Å²) in [7, 11) is 0. The Hall–Kier alpha value is -2.65. The van der Waals surface area contributed by atoms with E-state index in [4.69, 9.17) is 4.74 Å². The van der Waals surface area contributed by atoms with Crippen molar-refractivity contribution in [3.8, 4) is 5.75 Å². The molecule has 0 aromatic heterocycles. The van der Waals surface area contributed by atoms with E-state index in [-0.39, 0.29) is 6.61 Å². The number of carboxylic acids is 2. The van der Waals surface area contributed by atoms with Crippen molar-refractivity contribution < 1.29 is 29.3 Å². The van der Waals surface area contributed by atoms with Crippen LogP contribution in [0.3, 0.4) is 0 Å². The first-order valence-corrected chi connectivity index (χ1v) is 10.4. The minimum atomic E-state index is -1.16. The molecule has 1 heterocycles. The highest BCUT2D eigenvalue weighted by molar-refractivity contribution is 6.02. The normalized spacial score (nSPS) is 17.0. The highest BCUT2D eigenvalue weighted by atomic mass is 16.5. The van der Waals surface area contributed by atoms with Gasteiger partial charge in [-0.3, -0.25) is 24.6 Å². The first kappa shape index (κ1) is 23.6. The molecule has 1 aromatic rings. The lowest BCUT2D eigenvalue weighted by Crippen LogP contribution is -2.54. The van der Waals surface area contributed by atoms with E-state index in [0.717, 1.165) is 43.7 Å². The van der Waals surface area contributed by atoms with Crippen LogP contribution in [0.5, 0.6) is 5.75 Å². The lowest BCUT2D eigenvalue weighted by Gasteiger charge is -2.25. The molecule has 0 bridgehead atoms. The maximum absolute atomic E-state index is 13.0. The molecule has 9 nitrogen and oxygen atoms in total. The van der Waals surface area contributed by atoms with Crippen molar-refractivity contribution in [2.24, 2.45) is 0 Å². The summed E-state index contributed by atoms with van der Waals surface area (Å²) < 4.78 is 5.69. The van der Waals surface area contributed by atoms with Gasteiger partial charge in [0.25, 0.3) is 0 Å². The summed E-state index contributed by atoms with van der Waals surface area (Å²) in [6.45, 7) is 3.34. The Morgan fingerprint density at radius 3 is 2.63 bits per heavy atom. The van der Waals surface area contributed by atoms with E-state index in [2.05, 4.69) is 17.6 Å². The van der Waals surface area contributed by atoms with Crippen molar-refractivity contribution in [1.29, 1.82) is 0 Å². The Morgan fingerprint density at radius 2 is 1.93 bits per heavy atom. The summed E-state index contributed by atoms with van der Waals surface area (Å²) in [5.74, 6) is -2.32. The van der Waals surface area contributed by atoms with Crippen LogP contribution in [0, 0.1) is 0 Å². The van der Waals surface area contributed by atoms with Gasteiger partial charge in [0.2, 0.25) is 5.91 Å². The molecule has 0 spiro atoms. The third kappa shape index (κ3) is 7.00. The number of unbranched alkanes of at least 4 members (excludes halogenated alkanes) is 3.